The Morgan fingerprint density at radius 3 is 2.36 bits per heavy atom. The zero-order chi connectivity index (χ0) is 10.6. The minimum Gasteiger partial charge on any atom is -0.411 e. The van der Waals surface area contributed by atoms with Crippen molar-refractivity contribution < 1.29 is 9.53 Å². The van der Waals surface area contributed by atoms with Gasteiger partial charge in [0.25, 0.3) is 0 Å². The normalized spacial score (nSPS) is 9.14. The lowest BCUT2D eigenvalue weighted by Gasteiger charge is -2.04. The van der Waals surface area contributed by atoms with Gasteiger partial charge in [0.2, 0.25) is 0 Å². The van der Waals surface area contributed by atoms with Gasteiger partial charge in [-0.05, 0) is 5.56 Å². The molecule has 0 saturated carbocycles. The summed E-state index contributed by atoms with van der Waals surface area (Å²) >= 11 is 0. The number of ether oxygens (including phenoxy) is 1. The predicted octanol–water partition coefficient (Wildman–Crippen LogP) is 2.40. The number of hydrogen-bond acceptors (Lipinski definition) is 2. The Bertz CT molecular complexity index is 365. The quantitative estimate of drug-likeness (QED) is 0.742. The average Bonchev–Trinajstić information content (AvgIpc) is 2.17. The highest BCUT2D eigenvalue weighted by molar-refractivity contribution is 5.74. The van der Waals surface area contributed by atoms with Gasteiger partial charge in [-0.3, -0.25) is 0 Å². The van der Waals surface area contributed by atoms with Crippen molar-refractivity contribution in [2.75, 3.05) is 0 Å². The molecule has 0 saturated heterocycles. The Kier molecular flexibility index (Phi) is 3.07. The fourth-order valence-corrected chi connectivity index (χ4v) is 0.985. The van der Waals surface area contributed by atoms with Crippen LogP contribution < -0.4 is 5.73 Å². The molecule has 3 nitrogen and oxygen atoms in total. The number of hydrogen-bond donors (Lipinski definition) is 1. The molecule has 0 bridgehead atoms. The average molecular weight is 189 g/mol. The van der Waals surface area contributed by atoms with Gasteiger partial charge in [-0.1, -0.05) is 43.5 Å². The van der Waals surface area contributed by atoms with E-state index in [0.29, 0.717) is 0 Å². The highest BCUT2D eigenvalue weighted by atomic mass is 16.5. The smallest absolute Gasteiger partial charge is 0.409 e. The van der Waals surface area contributed by atoms with Crippen molar-refractivity contribution in [1.29, 1.82) is 0 Å². The van der Waals surface area contributed by atoms with Crippen LogP contribution in [-0.4, -0.2) is 6.09 Å². The minimum absolute atomic E-state index is 0.244. The van der Waals surface area contributed by atoms with Crippen LogP contribution in [0.5, 0.6) is 0 Å². The molecule has 0 heterocycles. The van der Waals surface area contributed by atoms with Crippen LogP contribution in [0.4, 0.5) is 4.79 Å². The van der Waals surface area contributed by atoms with Crippen LogP contribution in [0.2, 0.25) is 0 Å². The van der Waals surface area contributed by atoms with E-state index in [-0.39, 0.29) is 5.76 Å². The summed E-state index contributed by atoms with van der Waals surface area (Å²) in [7, 11) is 0. The maximum Gasteiger partial charge on any atom is 0.409 e. The molecular weight excluding hydrogens is 178 g/mol. The third kappa shape index (κ3) is 2.48. The van der Waals surface area contributed by atoms with E-state index >= 15 is 0 Å². The highest BCUT2D eigenvalue weighted by Crippen LogP contribution is 2.14. The monoisotopic (exact) mass is 189 g/mol. The maximum absolute atomic E-state index is 10.4. The van der Waals surface area contributed by atoms with Crippen molar-refractivity contribution >= 4 is 17.9 Å². The summed E-state index contributed by atoms with van der Waals surface area (Å²) in [5, 5.41) is 0. The molecule has 72 valence electrons. The molecule has 0 aliphatic heterocycles. The zero-order valence-electron chi connectivity index (χ0n) is 7.69. The Morgan fingerprint density at radius 2 is 1.93 bits per heavy atom. The third-order valence-electron chi connectivity index (χ3n) is 1.69. The van der Waals surface area contributed by atoms with E-state index < -0.39 is 6.09 Å². The van der Waals surface area contributed by atoms with Crippen LogP contribution in [0.1, 0.15) is 11.1 Å². The summed E-state index contributed by atoms with van der Waals surface area (Å²) in [5.41, 5.74) is 6.55. The van der Waals surface area contributed by atoms with Crippen molar-refractivity contribution in [3.05, 3.63) is 48.6 Å². The summed E-state index contributed by atoms with van der Waals surface area (Å²) in [6.45, 7) is 7.20. The summed E-state index contributed by atoms with van der Waals surface area (Å²) in [5.74, 6) is 0.244. The standard InChI is InChI=1S/C11H11NO2/c1-3-9-4-6-10(7-5-9)8(2)14-11(12)13/h3-7H,1-2H2,(H2,12,13). The Hall–Kier alpha value is -2.03. The SMILES string of the molecule is C=Cc1ccc(C(=C)OC(N)=O)cc1. The second-order valence-electron chi connectivity index (χ2n) is 2.67. The molecule has 0 aliphatic rings. The molecule has 0 fully saturated rings. The van der Waals surface area contributed by atoms with Crippen LogP contribution >= 0.6 is 0 Å². The van der Waals surface area contributed by atoms with Crippen LogP contribution in [0.3, 0.4) is 0 Å². The van der Waals surface area contributed by atoms with Crippen LogP contribution in [0.15, 0.2) is 37.4 Å². The number of primary amides is 1. The summed E-state index contributed by atoms with van der Waals surface area (Å²) in [4.78, 5) is 10.4. The van der Waals surface area contributed by atoms with Crippen molar-refractivity contribution in [2.45, 2.75) is 0 Å². The third-order valence-corrected chi connectivity index (χ3v) is 1.69. The lowest BCUT2D eigenvalue weighted by molar-refractivity contribution is 0.203. The molecule has 1 aromatic carbocycles. The first kappa shape index (κ1) is 10.1. The van der Waals surface area contributed by atoms with Crippen molar-refractivity contribution in [2.24, 2.45) is 5.73 Å². The number of amides is 1. The molecule has 0 aliphatic carbocycles. The van der Waals surface area contributed by atoms with E-state index in [4.69, 9.17) is 5.73 Å². The van der Waals surface area contributed by atoms with E-state index in [1.165, 1.54) is 0 Å². The zero-order valence-corrected chi connectivity index (χ0v) is 7.69. The van der Waals surface area contributed by atoms with E-state index in [1.54, 1.807) is 18.2 Å². The molecule has 0 aromatic heterocycles. The van der Waals surface area contributed by atoms with Crippen molar-refractivity contribution in [1.82, 2.24) is 0 Å². The van der Waals surface area contributed by atoms with Gasteiger partial charge in [-0.2, -0.15) is 0 Å². The molecule has 1 rings (SSSR count). The minimum atomic E-state index is -0.859. The summed E-state index contributed by atoms with van der Waals surface area (Å²) in [6, 6.07) is 7.25. The number of benzene rings is 1. The van der Waals surface area contributed by atoms with Gasteiger partial charge in [0, 0.05) is 5.56 Å². The topological polar surface area (TPSA) is 52.3 Å². The second kappa shape index (κ2) is 4.28. The Balaban J connectivity index is 2.81. The first-order valence-corrected chi connectivity index (χ1v) is 4.02. The lowest BCUT2D eigenvalue weighted by atomic mass is 10.1. The van der Waals surface area contributed by atoms with Crippen molar-refractivity contribution in [3.8, 4) is 0 Å². The van der Waals surface area contributed by atoms with Crippen LogP contribution in [-0.2, 0) is 4.74 Å². The molecule has 1 amide bonds. The van der Waals surface area contributed by atoms with E-state index in [0.717, 1.165) is 11.1 Å². The second-order valence-corrected chi connectivity index (χ2v) is 2.67. The Morgan fingerprint density at radius 1 is 1.36 bits per heavy atom. The molecule has 3 heteroatoms. The first-order valence-electron chi connectivity index (χ1n) is 4.02. The highest BCUT2D eigenvalue weighted by Gasteiger charge is 2.02. The van der Waals surface area contributed by atoms with Gasteiger partial charge in [-0.25, -0.2) is 4.79 Å². The fourth-order valence-electron chi connectivity index (χ4n) is 0.985. The summed E-state index contributed by atoms with van der Waals surface area (Å²) in [6.07, 6.45) is 0.865. The van der Waals surface area contributed by atoms with Gasteiger partial charge in [0.05, 0.1) is 0 Å². The Labute approximate surface area is 82.5 Å². The summed E-state index contributed by atoms with van der Waals surface area (Å²) < 4.78 is 4.63. The van der Waals surface area contributed by atoms with Crippen LogP contribution in [0.25, 0.3) is 11.8 Å². The van der Waals surface area contributed by atoms with Crippen LogP contribution in [0, 0.1) is 0 Å². The largest absolute Gasteiger partial charge is 0.411 e. The first-order chi connectivity index (χ1) is 6.63. The van der Waals surface area contributed by atoms with Gasteiger partial charge in [0.15, 0.2) is 0 Å². The lowest BCUT2D eigenvalue weighted by Crippen LogP contribution is -2.11. The van der Waals surface area contributed by atoms with Crippen molar-refractivity contribution in [3.63, 3.8) is 0 Å². The number of carbonyl (C=O) groups is 1. The number of nitrogens with two attached hydrogens (primary N) is 1. The predicted molar refractivity (Wildman–Crippen MR) is 56.2 cm³/mol. The molecule has 2 N–H and O–H groups in total. The molecule has 0 unspecified atom stereocenters. The fraction of sp³-hybridized carbons (Fsp3) is 0. The molecule has 0 atom stereocenters. The van der Waals surface area contributed by atoms with Gasteiger partial charge < -0.3 is 10.5 Å². The van der Waals surface area contributed by atoms with Gasteiger partial charge in [0.1, 0.15) is 5.76 Å². The van der Waals surface area contributed by atoms with Gasteiger partial charge >= 0.3 is 6.09 Å². The maximum atomic E-state index is 10.4. The molecule has 1 aromatic rings. The molecule has 0 spiro atoms. The van der Waals surface area contributed by atoms with E-state index in [2.05, 4.69) is 17.9 Å². The van der Waals surface area contributed by atoms with E-state index in [9.17, 15) is 4.79 Å². The molecular formula is C11H11NO2. The molecule has 14 heavy (non-hydrogen) atoms. The van der Waals surface area contributed by atoms with E-state index in [1.807, 2.05) is 12.1 Å². The number of carbonyl (C=O) groups excluding carboxylic acids is 1. The van der Waals surface area contributed by atoms with Gasteiger partial charge in [-0.15, -0.1) is 0 Å². The molecule has 0 radical (unpaired) electrons. The number of rotatable bonds is 3.